The molecule has 2 aromatic carbocycles. The average molecular weight is 349 g/mol. The maximum atomic E-state index is 11.6. The van der Waals surface area contributed by atoms with E-state index in [9.17, 15) is 4.79 Å². The van der Waals surface area contributed by atoms with Gasteiger partial charge in [0.05, 0.1) is 11.6 Å². The molecule has 1 saturated carbocycles. The van der Waals surface area contributed by atoms with Gasteiger partial charge in [0, 0.05) is 12.6 Å². The second-order valence-corrected chi connectivity index (χ2v) is 6.51. The maximum Gasteiger partial charge on any atom is 0.258 e. The first-order valence-electron chi connectivity index (χ1n) is 8.94. The Bertz CT molecular complexity index is 777. The molecule has 0 aromatic heterocycles. The van der Waals surface area contributed by atoms with E-state index in [4.69, 9.17) is 10.00 Å². The number of nitrogens with zero attached hydrogens (tertiary/aromatic N) is 1. The van der Waals surface area contributed by atoms with E-state index in [1.54, 1.807) is 0 Å². The lowest BCUT2D eigenvalue weighted by molar-refractivity contribution is -0.123. The molecule has 0 radical (unpaired) electrons. The molecule has 1 amide bonds. The number of nitriles is 1. The highest BCUT2D eigenvalue weighted by Crippen LogP contribution is 2.18. The van der Waals surface area contributed by atoms with Crippen molar-refractivity contribution in [3.8, 4) is 11.8 Å². The van der Waals surface area contributed by atoms with Gasteiger partial charge in [0.15, 0.2) is 6.61 Å². The number of hydrogen-bond acceptors (Lipinski definition) is 4. The number of benzene rings is 2. The quantitative estimate of drug-likeness (QED) is 0.682. The van der Waals surface area contributed by atoms with Crippen LogP contribution in [-0.4, -0.2) is 25.1 Å². The van der Waals surface area contributed by atoms with Crippen LogP contribution in [0.4, 0.5) is 0 Å². The normalized spacial score (nSPS) is 13.0. The van der Waals surface area contributed by atoms with Crippen LogP contribution in [-0.2, 0) is 17.8 Å². The zero-order valence-electron chi connectivity index (χ0n) is 14.7. The van der Waals surface area contributed by atoms with Crippen molar-refractivity contribution >= 4 is 5.91 Å². The summed E-state index contributed by atoms with van der Waals surface area (Å²) in [6, 6.07) is 18.0. The van der Waals surface area contributed by atoms with E-state index in [-0.39, 0.29) is 12.5 Å². The fraction of sp³-hybridized carbons (Fsp3) is 0.333. The highest BCUT2D eigenvalue weighted by molar-refractivity contribution is 5.78. The number of ether oxygens (including phenoxy) is 1. The number of hydrogen-bond donors (Lipinski definition) is 2. The molecule has 0 aliphatic heterocycles. The number of rotatable bonds is 9. The first-order valence-corrected chi connectivity index (χ1v) is 8.94. The van der Waals surface area contributed by atoms with Crippen LogP contribution >= 0.6 is 0 Å². The predicted octanol–water partition coefficient (Wildman–Crippen LogP) is 2.55. The summed E-state index contributed by atoms with van der Waals surface area (Å²) >= 11 is 0. The van der Waals surface area contributed by atoms with Crippen LogP contribution in [0.5, 0.6) is 5.75 Å². The monoisotopic (exact) mass is 349 g/mol. The fourth-order valence-electron chi connectivity index (χ4n) is 2.61. The van der Waals surface area contributed by atoms with Crippen molar-refractivity contribution in [2.75, 3.05) is 13.2 Å². The Kier molecular flexibility index (Phi) is 6.24. The summed E-state index contributed by atoms with van der Waals surface area (Å²) in [7, 11) is 0. The third kappa shape index (κ3) is 5.91. The van der Waals surface area contributed by atoms with Gasteiger partial charge in [-0.1, -0.05) is 24.3 Å². The molecule has 0 unspecified atom stereocenters. The zero-order chi connectivity index (χ0) is 18.2. The molecule has 5 nitrogen and oxygen atoms in total. The molecular weight excluding hydrogens is 326 g/mol. The Labute approximate surface area is 154 Å². The van der Waals surface area contributed by atoms with Crippen molar-refractivity contribution in [2.45, 2.75) is 31.8 Å². The van der Waals surface area contributed by atoms with Crippen LogP contribution in [0.2, 0.25) is 0 Å². The summed E-state index contributed by atoms with van der Waals surface area (Å²) in [6.45, 7) is 1.66. The molecule has 1 aliphatic carbocycles. The molecule has 2 aromatic rings. The molecule has 1 fully saturated rings. The van der Waals surface area contributed by atoms with Crippen molar-refractivity contribution in [3.05, 3.63) is 65.2 Å². The molecular formula is C21H23N3O2. The highest BCUT2D eigenvalue weighted by Gasteiger charge is 2.23. The van der Waals surface area contributed by atoms with Gasteiger partial charge < -0.3 is 15.4 Å². The number of carbonyl (C=O) groups is 1. The molecule has 0 atom stereocenters. The molecule has 0 spiro atoms. The van der Waals surface area contributed by atoms with Crippen molar-refractivity contribution in [2.24, 2.45) is 0 Å². The molecule has 2 N–H and O–H groups in total. The molecule has 26 heavy (non-hydrogen) atoms. The van der Waals surface area contributed by atoms with Gasteiger partial charge in [-0.25, -0.2) is 0 Å². The predicted molar refractivity (Wildman–Crippen MR) is 99.7 cm³/mol. The topological polar surface area (TPSA) is 74.1 Å². The summed E-state index contributed by atoms with van der Waals surface area (Å²) in [4.78, 5) is 11.6. The van der Waals surface area contributed by atoms with Crippen molar-refractivity contribution in [1.82, 2.24) is 10.6 Å². The Balaban J connectivity index is 1.35. The van der Waals surface area contributed by atoms with E-state index in [0.29, 0.717) is 17.4 Å². The van der Waals surface area contributed by atoms with Gasteiger partial charge in [0.1, 0.15) is 5.75 Å². The Morgan fingerprint density at radius 2 is 1.96 bits per heavy atom. The first kappa shape index (κ1) is 18.0. The lowest BCUT2D eigenvalue weighted by atomic mass is 10.1. The number of amides is 1. The van der Waals surface area contributed by atoms with Crippen LogP contribution in [0, 0.1) is 11.3 Å². The SMILES string of the molecule is N#Cc1cccc(CNCCc2ccc(OCC(=O)NC3CC3)cc2)c1. The lowest BCUT2D eigenvalue weighted by Crippen LogP contribution is -2.30. The summed E-state index contributed by atoms with van der Waals surface area (Å²) in [5.74, 6) is 0.655. The van der Waals surface area contributed by atoms with E-state index in [2.05, 4.69) is 16.7 Å². The molecule has 0 saturated heterocycles. The largest absolute Gasteiger partial charge is 0.484 e. The Morgan fingerprint density at radius 1 is 1.15 bits per heavy atom. The maximum absolute atomic E-state index is 11.6. The van der Waals surface area contributed by atoms with E-state index in [1.165, 1.54) is 5.56 Å². The van der Waals surface area contributed by atoms with Crippen LogP contribution in [0.3, 0.4) is 0 Å². The van der Waals surface area contributed by atoms with Crippen molar-refractivity contribution in [3.63, 3.8) is 0 Å². The minimum Gasteiger partial charge on any atom is -0.484 e. The number of carbonyl (C=O) groups excluding carboxylic acids is 1. The Hall–Kier alpha value is -2.84. The molecule has 134 valence electrons. The smallest absolute Gasteiger partial charge is 0.258 e. The third-order valence-corrected chi connectivity index (χ3v) is 4.21. The van der Waals surface area contributed by atoms with Crippen LogP contribution in [0.15, 0.2) is 48.5 Å². The van der Waals surface area contributed by atoms with E-state index < -0.39 is 0 Å². The van der Waals surface area contributed by atoms with Gasteiger partial charge in [0.25, 0.3) is 5.91 Å². The van der Waals surface area contributed by atoms with Gasteiger partial charge in [-0.3, -0.25) is 4.79 Å². The zero-order valence-corrected chi connectivity index (χ0v) is 14.7. The van der Waals surface area contributed by atoms with Gasteiger partial charge >= 0.3 is 0 Å². The minimum absolute atomic E-state index is 0.0544. The van der Waals surface area contributed by atoms with E-state index in [1.807, 2.05) is 48.5 Å². The molecule has 1 aliphatic rings. The molecule has 0 bridgehead atoms. The molecule has 5 heteroatoms. The minimum atomic E-state index is -0.0544. The highest BCUT2D eigenvalue weighted by atomic mass is 16.5. The van der Waals surface area contributed by atoms with Crippen LogP contribution in [0.1, 0.15) is 29.5 Å². The van der Waals surface area contributed by atoms with Crippen molar-refractivity contribution in [1.29, 1.82) is 5.26 Å². The first-order chi connectivity index (χ1) is 12.7. The van der Waals surface area contributed by atoms with Crippen LogP contribution < -0.4 is 15.4 Å². The van der Waals surface area contributed by atoms with E-state index in [0.717, 1.165) is 37.9 Å². The third-order valence-electron chi connectivity index (χ3n) is 4.21. The summed E-state index contributed by atoms with van der Waals surface area (Å²) in [5.41, 5.74) is 3.00. The summed E-state index contributed by atoms with van der Waals surface area (Å²) in [6.07, 6.45) is 3.07. The molecule has 3 rings (SSSR count). The fourth-order valence-corrected chi connectivity index (χ4v) is 2.61. The second kappa shape index (κ2) is 9.02. The average Bonchev–Trinajstić information content (AvgIpc) is 3.48. The summed E-state index contributed by atoms with van der Waals surface area (Å²) < 4.78 is 5.50. The van der Waals surface area contributed by atoms with Crippen LogP contribution in [0.25, 0.3) is 0 Å². The lowest BCUT2D eigenvalue weighted by Gasteiger charge is -2.08. The van der Waals surface area contributed by atoms with E-state index >= 15 is 0 Å². The summed E-state index contributed by atoms with van der Waals surface area (Å²) in [5, 5.41) is 15.2. The Morgan fingerprint density at radius 3 is 2.69 bits per heavy atom. The molecule has 0 heterocycles. The second-order valence-electron chi connectivity index (χ2n) is 6.51. The van der Waals surface area contributed by atoms with Gasteiger partial charge in [-0.2, -0.15) is 5.26 Å². The van der Waals surface area contributed by atoms with Gasteiger partial charge in [0.2, 0.25) is 0 Å². The standard InChI is InChI=1S/C21H23N3O2/c22-13-17-2-1-3-18(12-17)14-23-11-10-16-4-8-20(9-5-16)26-15-21(25)24-19-6-7-19/h1-5,8-9,12,19,23H,6-7,10-11,14-15H2,(H,24,25). The van der Waals surface area contributed by atoms with Crippen molar-refractivity contribution < 1.29 is 9.53 Å². The van der Waals surface area contributed by atoms with Gasteiger partial charge in [-0.05, 0) is 61.2 Å². The number of nitrogens with one attached hydrogen (secondary N) is 2. The van der Waals surface area contributed by atoms with Gasteiger partial charge in [-0.15, -0.1) is 0 Å².